The van der Waals surface area contributed by atoms with E-state index in [0.29, 0.717) is 16.5 Å². The standard InChI is InChI=1S/C16H15BrCl2O2/c1-9-8-10(18)4-5-11(9)14(17)12-6-7-13(20-2)15(19)16(12)21-3/h4-8,14H,1-3H3. The number of ether oxygens (including phenoxy) is 2. The Kier molecular flexibility index (Phi) is 5.42. The van der Waals surface area contributed by atoms with Gasteiger partial charge < -0.3 is 9.47 Å². The maximum Gasteiger partial charge on any atom is 0.145 e. The molecule has 0 N–H and O–H groups in total. The first kappa shape index (κ1) is 16.5. The van der Waals surface area contributed by atoms with Gasteiger partial charge >= 0.3 is 0 Å². The highest BCUT2D eigenvalue weighted by atomic mass is 79.9. The van der Waals surface area contributed by atoms with Gasteiger partial charge in [0.05, 0.1) is 19.0 Å². The smallest absolute Gasteiger partial charge is 0.145 e. The summed E-state index contributed by atoms with van der Waals surface area (Å²) in [6, 6.07) is 9.57. The molecule has 2 aromatic rings. The van der Waals surface area contributed by atoms with Gasteiger partial charge in [-0.25, -0.2) is 0 Å². The zero-order valence-corrected chi connectivity index (χ0v) is 15.0. The molecule has 2 nitrogen and oxygen atoms in total. The first-order valence-corrected chi connectivity index (χ1v) is 7.97. The van der Waals surface area contributed by atoms with E-state index < -0.39 is 0 Å². The summed E-state index contributed by atoms with van der Waals surface area (Å²) >= 11 is 16.1. The molecule has 0 saturated carbocycles. The average Bonchev–Trinajstić information content (AvgIpc) is 2.46. The highest BCUT2D eigenvalue weighted by Crippen LogP contribution is 2.44. The summed E-state index contributed by atoms with van der Waals surface area (Å²) in [5.41, 5.74) is 3.14. The second-order valence-electron chi connectivity index (χ2n) is 4.57. The molecule has 21 heavy (non-hydrogen) atoms. The van der Waals surface area contributed by atoms with Crippen molar-refractivity contribution in [2.45, 2.75) is 11.8 Å². The maximum atomic E-state index is 6.32. The van der Waals surface area contributed by atoms with Crippen molar-refractivity contribution in [3.8, 4) is 11.5 Å². The summed E-state index contributed by atoms with van der Waals surface area (Å²) in [6.07, 6.45) is 0. The van der Waals surface area contributed by atoms with Crippen LogP contribution in [-0.2, 0) is 0 Å². The molecule has 0 aliphatic rings. The van der Waals surface area contributed by atoms with Crippen molar-refractivity contribution in [3.63, 3.8) is 0 Å². The number of benzene rings is 2. The molecule has 0 radical (unpaired) electrons. The number of hydrogen-bond donors (Lipinski definition) is 0. The molecule has 0 aliphatic heterocycles. The fourth-order valence-electron chi connectivity index (χ4n) is 2.21. The summed E-state index contributed by atoms with van der Waals surface area (Å²) in [6.45, 7) is 2.02. The Morgan fingerprint density at radius 2 is 1.67 bits per heavy atom. The van der Waals surface area contributed by atoms with Crippen molar-refractivity contribution in [1.82, 2.24) is 0 Å². The molecule has 112 valence electrons. The second-order valence-corrected chi connectivity index (χ2v) is 6.30. The van der Waals surface area contributed by atoms with Gasteiger partial charge in [-0.05, 0) is 36.2 Å². The second kappa shape index (κ2) is 6.91. The zero-order chi connectivity index (χ0) is 15.6. The van der Waals surface area contributed by atoms with Crippen LogP contribution in [0.15, 0.2) is 30.3 Å². The van der Waals surface area contributed by atoms with Gasteiger partial charge in [-0.15, -0.1) is 0 Å². The molecule has 2 aromatic carbocycles. The van der Waals surface area contributed by atoms with Crippen LogP contribution in [0.2, 0.25) is 10.0 Å². The van der Waals surface area contributed by atoms with Crippen molar-refractivity contribution in [3.05, 3.63) is 57.1 Å². The van der Waals surface area contributed by atoms with E-state index in [1.165, 1.54) is 0 Å². The fraction of sp³-hybridized carbons (Fsp3) is 0.250. The molecule has 5 heteroatoms. The fourth-order valence-corrected chi connectivity index (χ4v) is 3.64. The molecule has 1 unspecified atom stereocenters. The number of methoxy groups -OCH3 is 2. The van der Waals surface area contributed by atoms with Gasteiger partial charge in [0.25, 0.3) is 0 Å². The summed E-state index contributed by atoms with van der Waals surface area (Å²) < 4.78 is 10.7. The van der Waals surface area contributed by atoms with Crippen LogP contribution < -0.4 is 9.47 Å². The molecule has 0 saturated heterocycles. The van der Waals surface area contributed by atoms with Crippen LogP contribution in [0, 0.1) is 6.92 Å². The van der Waals surface area contributed by atoms with E-state index in [1.807, 2.05) is 37.3 Å². The summed E-state index contributed by atoms with van der Waals surface area (Å²) in [5, 5.41) is 1.18. The van der Waals surface area contributed by atoms with E-state index in [0.717, 1.165) is 21.7 Å². The largest absolute Gasteiger partial charge is 0.495 e. The monoisotopic (exact) mass is 388 g/mol. The van der Waals surface area contributed by atoms with E-state index in [-0.39, 0.29) is 4.83 Å². The third-order valence-corrected chi connectivity index (χ3v) is 4.87. The van der Waals surface area contributed by atoms with Gasteiger partial charge in [0.15, 0.2) is 0 Å². The number of halogens is 3. The van der Waals surface area contributed by atoms with Crippen LogP contribution in [-0.4, -0.2) is 14.2 Å². The third kappa shape index (κ3) is 3.31. The van der Waals surface area contributed by atoms with E-state index in [9.17, 15) is 0 Å². The van der Waals surface area contributed by atoms with Gasteiger partial charge in [0, 0.05) is 10.6 Å². The summed E-state index contributed by atoms with van der Waals surface area (Å²) in [7, 11) is 3.17. The minimum Gasteiger partial charge on any atom is -0.495 e. The molecule has 2 rings (SSSR count). The van der Waals surface area contributed by atoms with E-state index >= 15 is 0 Å². The number of alkyl halides is 1. The van der Waals surface area contributed by atoms with Crippen LogP contribution in [0.4, 0.5) is 0 Å². The van der Waals surface area contributed by atoms with Crippen LogP contribution in [0.3, 0.4) is 0 Å². The van der Waals surface area contributed by atoms with Crippen molar-refractivity contribution in [2.75, 3.05) is 14.2 Å². The third-order valence-electron chi connectivity index (χ3n) is 3.29. The Labute approximate surface area is 143 Å². The van der Waals surface area contributed by atoms with Gasteiger partial charge in [-0.3, -0.25) is 0 Å². The lowest BCUT2D eigenvalue weighted by atomic mass is 9.99. The zero-order valence-electron chi connectivity index (χ0n) is 11.9. The Balaban J connectivity index is 2.52. The molecular weight excluding hydrogens is 375 g/mol. The number of rotatable bonds is 4. The van der Waals surface area contributed by atoms with E-state index in [2.05, 4.69) is 15.9 Å². The van der Waals surface area contributed by atoms with Crippen LogP contribution >= 0.6 is 39.1 Å². The Morgan fingerprint density at radius 1 is 1.00 bits per heavy atom. The SMILES string of the molecule is COc1ccc(C(Br)c2ccc(Cl)cc2C)c(OC)c1Cl. The normalized spacial score (nSPS) is 12.1. The predicted molar refractivity (Wildman–Crippen MR) is 91.5 cm³/mol. The number of aryl methyl sites for hydroxylation is 1. The lowest BCUT2D eigenvalue weighted by Crippen LogP contribution is -2.01. The van der Waals surface area contributed by atoms with Crippen molar-refractivity contribution in [1.29, 1.82) is 0 Å². The van der Waals surface area contributed by atoms with E-state index in [1.54, 1.807) is 14.2 Å². The molecule has 0 amide bonds. The Morgan fingerprint density at radius 3 is 2.24 bits per heavy atom. The summed E-state index contributed by atoms with van der Waals surface area (Å²) in [4.78, 5) is -0.0480. The van der Waals surface area contributed by atoms with Gasteiger partial charge in [-0.1, -0.05) is 51.3 Å². The molecule has 0 aromatic heterocycles. The van der Waals surface area contributed by atoms with Gasteiger partial charge in [0.1, 0.15) is 16.5 Å². The molecule has 0 bridgehead atoms. The Bertz CT molecular complexity index is 659. The molecule has 1 atom stereocenters. The lowest BCUT2D eigenvalue weighted by molar-refractivity contribution is 0.392. The van der Waals surface area contributed by atoms with Crippen molar-refractivity contribution < 1.29 is 9.47 Å². The number of hydrogen-bond acceptors (Lipinski definition) is 2. The van der Waals surface area contributed by atoms with Crippen LogP contribution in [0.5, 0.6) is 11.5 Å². The first-order valence-electron chi connectivity index (χ1n) is 6.30. The summed E-state index contributed by atoms with van der Waals surface area (Å²) in [5.74, 6) is 1.19. The topological polar surface area (TPSA) is 18.5 Å². The maximum absolute atomic E-state index is 6.32. The van der Waals surface area contributed by atoms with E-state index in [4.69, 9.17) is 32.7 Å². The molecule has 0 heterocycles. The first-order chi connectivity index (χ1) is 9.99. The lowest BCUT2D eigenvalue weighted by Gasteiger charge is -2.19. The molecule has 0 aliphatic carbocycles. The van der Waals surface area contributed by atoms with Gasteiger partial charge in [-0.2, -0.15) is 0 Å². The molecular formula is C16H15BrCl2O2. The van der Waals surface area contributed by atoms with Crippen LogP contribution in [0.25, 0.3) is 0 Å². The molecule has 0 spiro atoms. The quantitative estimate of drug-likeness (QED) is 0.615. The Hall–Kier alpha value is -0.900. The van der Waals surface area contributed by atoms with Crippen LogP contribution in [0.1, 0.15) is 21.5 Å². The van der Waals surface area contributed by atoms with Crippen molar-refractivity contribution in [2.24, 2.45) is 0 Å². The average molecular weight is 390 g/mol. The minimum absolute atomic E-state index is 0.0480. The highest BCUT2D eigenvalue weighted by molar-refractivity contribution is 9.09. The predicted octanol–water partition coefficient (Wildman–Crippen LogP) is 5.80. The van der Waals surface area contributed by atoms with Gasteiger partial charge in [0.2, 0.25) is 0 Å². The van der Waals surface area contributed by atoms with Crippen molar-refractivity contribution >= 4 is 39.1 Å². The highest BCUT2D eigenvalue weighted by Gasteiger charge is 2.21. The molecule has 0 fully saturated rings. The minimum atomic E-state index is -0.0480.